The predicted molar refractivity (Wildman–Crippen MR) is 148 cm³/mol. The van der Waals surface area contributed by atoms with Crippen LogP contribution in [0.2, 0.25) is 10.0 Å². The number of nitrogens with zero attached hydrogens (tertiary/aromatic N) is 1. The van der Waals surface area contributed by atoms with E-state index in [9.17, 15) is 13.2 Å². The monoisotopic (exact) mass is 568 g/mol. The molecule has 0 aliphatic carbocycles. The second-order valence-electron chi connectivity index (χ2n) is 8.44. The van der Waals surface area contributed by atoms with Crippen molar-refractivity contribution in [1.29, 1.82) is 0 Å². The number of para-hydroxylation sites is 2. The SMILES string of the molecule is O=C(COc1ccc(S(=O)(=O)N2CCc3ccccc32)cc1Cl)Nc1cc(Cl)ccc1Oc1ccccc1. The van der Waals surface area contributed by atoms with E-state index in [1.807, 2.05) is 36.4 Å². The van der Waals surface area contributed by atoms with E-state index in [0.717, 1.165) is 5.56 Å². The van der Waals surface area contributed by atoms with Crippen LogP contribution >= 0.6 is 23.2 Å². The first-order valence-electron chi connectivity index (χ1n) is 11.7. The highest BCUT2D eigenvalue weighted by Crippen LogP contribution is 2.35. The van der Waals surface area contributed by atoms with Gasteiger partial charge in [-0.25, -0.2) is 8.42 Å². The topological polar surface area (TPSA) is 84.9 Å². The molecule has 0 spiro atoms. The van der Waals surface area contributed by atoms with Gasteiger partial charge in [0.2, 0.25) is 0 Å². The van der Waals surface area contributed by atoms with Crippen LogP contribution in [0.25, 0.3) is 0 Å². The lowest BCUT2D eigenvalue weighted by Gasteiger charge is -2.20. The van der Waals surface area contributed by atoms with Gasteiger partial charge in [-0.15, -0.1) is 0 Å². The summed E-state index contributed by atoms with van der Waals surface area (Å²) in [5.41, 5.74) is 2.01. The van der Waals surface area contributed by atoms with E-state index in [1.54, 1.807) is 36.4 Å². The van der Waals surface area contributed by atoms with Gasteiger partial charge in [0.1, 0.15) is 11.5 Å². The Kier molecular flexibility index (Phi) is 7.46. The highest BCUT2D eigenvalue weighted by molar-refractivity contribution is 7.92. The molecule has 0 unspecified atom stereocenters. The Bertz CT molecular complexity index is 1600. The molecular formula is C28H22Cl2N2O5S. The molecule has 38 heavy (non-hydrogen) atoms. The van der Waals surface area contributed by atoms with E-state index in [1.165, 1.54) is 22.5 Å². The van der Waals surface area contributed by atoms with Crippen molar-refractivity contribution < 1.29 is 22.7 Å². The van der Waals surface area contributed by atoms with Crippen LogP contribution in [0.15, 0.2) is 95.9 Å². The number of halogens is 2. The lowest BCUT2D eigenvalue weighted by atomic mass is 10.2. The van der Waals surface area contributed by atoms with Crippen LogP contribution < -0.4 is 19.1 Å². The lowest BCUT2D eigenvalue weighted by molar-refractivity contribution is -0.118. The number of hydrogen-bond donors (Lipinski definition) is 1. The Balaban J connectivity index is 1.26. The van der Waals surface area contributed by atoms with E-state index in [0.29, 0.717) is 40.9 Å². The third-order valence-corrected chi connectivity index (χ3v) is 8.22. The Morgan fingerprint density at radius 3 is 2.42 bits per heavy atom. The Morgan fingerprint density at radius 2 is 1.63 bits per heavy atom. The third-order valence-electron chi connectivity index (χ3n) is 5.88. The van der Waals surface area contributed by atoms with Crippen molar-refractivity contribution >= 4 is 50.5 Å². The highest BCUT2D eigenvalue weighted by atomic mass is 35.5. The van der Waals surface area contributed by atoms with Crippen LogP contribution in [0, 0.1) is 0 Å². The smallest absolute Gasteiger partial charge is 0.264 e. The lowest BCUT2D eigenvalue weighted by Crippen LogP contribution is -2.29. The summed E-state index contributed by atoms with van der Waals surface area (Å²) in [6, 6.07) is 25.6. The molecule has 1 N–H and O–H groups in total. The molecule has 10 heteroatoms. The van der Waals surface area contributed by atoms with Crippen LogP contribution in [0.5, 0.6) is 17.2 Å². The first kappa shape index (κ1) is 25.9. The van der Waals surface area contributed by atoms with Crippen molar-refractivity contribution in [3.05, 3.63) is 107 Å². The Hall–Kier alpha value is -3.72. The molecule has 0 bridgehead atoms. The quantitative estimate of drug-likeness (QED) is 0.260. The van der Waals surface area contributed by atoms with Crippen LogP contribution in [0.1, 0.15) is 5.56 Å². The molecule has 194 valence electrons. The van der Waals surface area contributed by atoms with Crippen LogP contribution in [-0.2, 0) is 21.2 Å². The maximum atomic E-state index is 13.3. The van der Waals surface area contributed by atoms with E-state index < -0.39 is 15.9 Å². The van der Waals surface area contributed by atoms with Gasteiger partial charge in [0, 0.05) is 11.6 Å². The van der Waals surface area contributed by atoms with Gasteiger partial charge in [-0.2, -0.15) is 0 Å². The van der Waals surface area contributed by atoms with Crippen molar-refractivity contribution in [3.8, 4) is 17.2 Å². The van der Waals surface area contributed by atoms with Crippen molar-refractivity contribution in [2.45, 2.75) is 11.3 Å². The molecule has 0 atom stereocenters. The molecule has 1 amide bonds. The summed E-state index contributed by atoms with van der Waals surface area (Å²) in [4.78, 5) is 12.7. The molecule has 4 aromatic rings. The van der Waals surface area contributed by atoms with Gasteiger partial charge < -0.3 is 14.8 Å². The maximum Gasteiger partial charge on any atom is 0.264 e. The largest absolute Gasteiger partial charge is 0.482 e. The molecule has 0 fully saturated rings. The van der Waals surface area contributed by atoms with E-state index in [4.69, 9.17) is 32.7 Å². The van der Waals surface area contributed by atoms with Crippen LogP contribution in [0.4, 0.5) is 11.4 Å². The normalized spacial score (nSPS) is 12.6. The number of anilines is 2. The molecule has 5 rings (SSSR count). The number of amides is 1. The summed E-state index contributed by atoms with van der Waals surface area (Å²) in [6.07, 6.45) is 0.643. The Labute approximate surface area is 230 Å². The summed E-state index contributed by atoms with van der Waals surface area (Å²) in [6.45, 7) is -0.0141. The van der Waals surface area contributed by atoms with E-state index in [2.05, 4.69) is 5.32 Å². The zero-order valence-electron chi connectivity index (χ0n) is 19.9. The van der Waals surface area contributed by atoms with Crippen LogP contribution in [-0.4, -0.2) is 27.5 Å². The molecule has 1 heterocycles. The average molecular weight is 569 g/mol. The van der Waals surface area contributed by atoms with Crippen molar-refractivity contribution in [2.24, 2.45) is 0 Å². The standard InChI is InChI=1S/C28H22Cl2N2O5S/c29-20-10-12-27(37-21-7-2-1-3-8-21)24(16-20)31-28(33)18-36-26-13-11-22(17-23(26)30)38(34,35)32-15-14-19-6-4-5-9-25(19)32/h1-13,16-17H,14-15,18H2,(H,31,33). The zero-order valence-corrected chi connectivity index (χ0v) is 22.3. The van der Waals surface area contributed by atoms with E-state index in [-0.39, 0.29) is 22.3 Å². The number of nitrogens with one attached hydrogen (secondary N) is 1. The number of carbonyl (C=O) groups is 1. The van der Waals surface area contributed by atoms with Crippen LogP contribution in [0.3, 0.4) is 0 Å². The fourth-order valence-corrected chi connectivity index (χ4v) is 6.08. The van der Waals surface area contributed by atoms with Crippen molar-refractivity contribution in [3.63, 3.8) is 0 Å². The first-order chi connectivity index (χ1) is 18.3. The number of carbonyl (C=O) groups excluding carboxylic acids is 1. The van der Waals surface area contributed by atoms with Gasteiger partial charge >= 0.3 is 0 Å². The van der Waals surface area contributed by atoms with Gasteiger partial charge in [0.15, 0.2) is 12.4 Å². The second kappa shape index (κ2) is 10.9. The van der Waals surface area contributed by atoms with Crippen molar-refractivity contribution in [2.75, 3.05) is 22.8 Å². The van der Waals surface area contributed by atoms with Crippen molar-refractivity contribution in [1.82, 2.24) is 0 Å². The summed E-state index contributed by atoms with van der Waals surface area (Å²) in [5, 5.41) is 3.21. The number of rotatable bonds is 8. The molecule has 1 aliphatic heterocycles. The molecular weight excluding hydrogens is 547 g/mol. The van der Waals surface area contributed by atoms with E-state index >= 15 is 0 Å². The second-order valence-corrected chi connectivity index (χ2v) is 11.1. The molecule has 7 nitrogen and oxygen atoms in total. The number of ether oxygens (including phenoxy) is 2. The molecule has 4 aromatic carbocycles. The molecule has 0 aromatic heterocycles. The number of sulfonamides is 1. The highest BCUT2D eigenvalue weighted by Gasteiger charge is 2.31. The van der Waals surface area contributed by atoms with Gasteiger partial charge in [0.05, 0.1) is 21.3 Å². The summed E-state index contributed by atoms with van der Waals surface area (Å²) < 4.78 is 39.3. The number of fused-ring (bicyclic) bond motifs is 1. The molecule has 0 saturated heterocycles. The predicted octanol–water partition coefficient (Wildman–Crippen LogP) is 6.55. The van der Waals surface area contributed by atoms with Gasteiger partial charge in [-0.1, -0.05) is 59.6 Å². The summed E-state index contributed by atoms with van der Waals surface area (Å²) in [7, 11) is -3.81. The molecule has 0 radical (unpaired) electrons. The van der Waals surface area contributed by atoms with Gasteiger partial charge in [-0.3, -0.25) is 9.10 Å². The van der Waals surface area contributed by atoms with Gasteiger partial charge in [-0.05, 0) is 66.6 Å². The molecule has 1 aliphatic rings. The minimum atomic E-state index is -3.81. The maximum absolute atomic E-state index is 13.3. The third kappa shape index (κ3) is 5.57. The minimum absolute atomic E-state index is 0.0395. The fraction of sp³-hybridized carbons (Fsp3) is 0.107. The average Bonchev–Trinajstić information content (AvgIpc) is 3.35. The van der Waals surface area contributed by atoms with Gasteiger partial charge in [0.25, 0.3) is 15.9 Å². The molecule has 0 saturated carbocycles. The number of hydrogen-bond acceptors (Lipinski definition) is 5. The Morgan fingerprint density at radius 1 is 0.895 bits per heavy atom. The summed E-state index contributed by atoms with van der Waals surface area (Å²) in [5.74, 6) is 0.701. The minimum Gasteiger partial charge on any atom is -0.482 e. The summed E-state index contributed by atoms with van der Waals surface area (Å²) >= 11 is 12.5. The number of benzene rings is 4. The zero-order chi connectivity index (χ0) is 26.7. The first-order valence-corrected chi connectivity index (χ1v) is 13.9. The fourth-order valence-electron chi connectivity index (χ4n) is 4.08.